The molecule has 1 amide bonds. The fourth-order valence-corrected chi connectivity index (χ4v) is 4.47. The summed E-state index contributed by atoms with van der Waals surface area (Å²) in [6.07, 6.45) is 1.77. The van der Waals surface area contributed by atoms with Crippen molar-refractivity contribution in [1.29, 1.82) is 0 Å². The number of hydrogen-bond acceptors (Lipinski definition) is 6. The first-order valence-corrected chi connectivity index (χ1v) is 9.25. The van der Waals surface area contributed by atoms with Gasteiger partial charge in [0.05, 0.1) is 22.8 Å². The number of pyridine rings is 1. The van der Waals surface area contributed by atoms with Gasteiger partial charge in [0.15, 0.2) is 9.84 Å². The van der Waals surface area contributed by atoms with Crippen molar-refractivity contribution in [3.05, 3.63) is 39.2 Å². The Hall–Kier alpha value is -2.49. The molecule has 0 aromatic carbocycles. The predicted molar refractivity (Wildman–Crippen MR) is 86.4 cm³/mol. The van der Waals surface area contributed by atoms with Gasteiger partial charge in [-0.2, -0.15) is 0 Å². The molecule has 3 heterocycles. The van der Waals surface area contributed by atoms with Crippen molar-refractivity contribution in [2.24, 2.45) is 5.92 Å². The number of hydrogen-bond donors (Lipinski definition) is 2. The molecule has 0 bridgehead atoms. The number of nitrogens with zero attached hydrogens (tertiary/aromatic N) is 2. The highest BCUT2D eigenvalue weighted by atomic mass is 32.2. The summed E-state index contributed by atoms with van der Waals surface area (Å²) in [6.45, 7) is 0.0499. The number of sulfone groups is 1. The van der Waals surface area contributed by atoms with Crippen molar-refractivity contribution >= 4 is 26.8 Å². The molecule has 2 N–H and O–H groups in total. The summed E-state index contributed by atoms with van der Waals surface area (Å²) in [5, 5.41) is 2.86. The molecule has 2 aromatic rings. The van der Waals surface area contributed by atoms with Crippen LogP contribution in [0.5, 0.6) is 0 Å². The lowest BCUT2D eigenvalue weighted by molar-refractivity contribution is -0.124. The average molecular weight is 352 g/mol. The Morgan fingerprint density at radius 3 is 2.92 bits per heavy atom. The number of carbonyl (C=O) groups excluding carboxylic acids is 1. The summed E-state index contributed by atoms with van der Waals surface area (Å²) in [5.74, 6) is -1.07. The fraction of sp³-hybridized carbons (Fsp3) is 0.429. The van der Waals surface area contributed by atoms with Crippen LogP contribution in [0.1, 0.15) is 6.42 Å². The molecule has 0 unspecified atom stereocenters. The largest absolute Gasteiger partial charge is 0.354 e. The van der Waals surface area contributed by atoms with Crippen LogP contribution in [0.4, 0.5) is 0 Å². The third kappa shape index (κ3) is 3.23. The maximum Gasteiger partial charge on any atom is 0.330 e. The van der Waals surface area contributed by atoms with Gasteiger partial charge < -0.3 is 5.32 Å². The quantitative estimate of drug-likeness (QED) is 0.698. The highest BCUT2D eigenvalue weighted by Crippen LogP contribution is 2.18. The molecule has 1 saturated heterocycles. The Morgan fingerprint density at radius 2 is 2.21 bits per heavy atom. The zero-order valence-corrected chi connectivity index (χ0v) is 13.5. The van der Waals surface area contributed by atoms with Gasteiger partial charge in [0.1, 0.15) is 5.65 Å². The number of fused-ring (bicyclic) bond motifs is 1. The molecule has 9 nitrogen and oxygen atoms in total. The highest BCUT2D eigenvalue weighted by Gasteiger charge is 2.32. The first-order valence-electron chi connectivity index (χ1n) is 7.43. The zero-order valence-electron chi connectivity index (χ0n) is 12.7. The van der Waals surface area contributed by atoms with E-state index < -0.39 is 27.0 Å². The summed E-state index contributed by atoms with van der Waals surface area (Å²) >= 11 is 0. The summed E-state index contributed by atoms with van der Waals surface area (Å²) in [4.78, 5) is 42.6. The fourth-order valence-electron chi connectivity index (χ4n) is 2.72. The lowest BCUT2D eigenvalue weighted by Gasteiger charge is -2.10. The second kappa shape index (κ2) is 6.19. The first-order chi connectivity index (χ1) is 11.4. The first kappa shape index (κ1) is 16.4. The molecule has 10 heteroatoms. The Balaban J connectivity index is 1.69. The molecule has 1 fully saturated rings. The topological polar surface area (TPSA) is 131 Å². The maximum atomic E-state index is 12.3. The van der Waals surface area contributed by atoms with E-state index in [4.69, 9.17) is 0 Å². The number of H-pyrrole nitrogens is 1. The lowest BCUT2D eigenvalue weighted by atomic mass is 10.1. The molecule has 0 aliphatic carbocycles. The van der Waals surface area contributed by atoms with Crippen molar-refractivity contribution < 1.29 is 13.2 Å². The van der Waals surface area contributed by atoms with Crippen LogP contribution in [0.15, 0.2) is 27.9 Å². The molecule has 24 heavy (non-hydrogen) atoms. The summed E-state index contributed by atoms with van der Waals surface area (Å²) in [5.41, 5.74) is -0.882. The van der Waals surface area contributed by atoms with Gasteiger partial charge in [-0.1, -0.05) is 0 Å². The molecule has 0 radical (unpaired) electrons. The van der Waals surface area contributed by atoms with E-state index in [0.29, 0.717) is 6.42 Å². The lowest BCUT2D eigenvalue weighted by Crippen LogP contribution is -2.40. The van der Waals surface area contributed by atoms with E-state index in [1.54, 1.807) is 12.1 Å². The molecule has 0 spiro atoms. The van der Waals surface area contributed by atoms with Gasteiger partial charge in [-0.15, -0.1) is 0 Å². The summed E-state index contributed by atoms with van der Waals surface area (Å²) in [7, 11) is -3.13. The van der Waals surface area contributed by atoms with Crippen molar-refractivity contribution in [2.45, 2.75) is 13.0 Å². The molecule has 2 aromatic heterocycles. The van der Waals surface area contributed by atoms with Crippen LogP contribution in [0.2, 0.25) is 0 Å². The van der Waals surface area contributed by atoms with Crippen LogP contribution in [0, 0.1) is 5.92 Å². The van der Waals surface area contributed by atoms with Gasteiger partial charge in [-0.05, 0) is 18.6 Å². The number of aromatic nitrogens is 3. The van der Waals surface area contributed by atoms with Crippen LogP contribution in [0.3, 0.4) is 0 Å². The minimum Gasteiger partial charge on any atom is -0.354 e. The van der Waals surface area contributed by atoms with E-state index >= 15 is 0 Å². The number of amides is 1. The molecule has 1 atom stereocenters. The monoisotopic (exact) mass is 352 g/mol. The van der Waals surface area contributed by atoms with Crippen LogP contribution in [0.25, 0.3) is 11.0 Å². The van der Waals surface area contributed by atoms with Crippen molar-refractivity contribution in [1.82, 2.24) is 19.9 Å². The van der Waals surface area contributed by atoms with Gasteiger partial charge in [0.2, 0.25) is 5.91 Å². The second-order valence-corrected chi connectivity index (χ2v) is 7.91. The third-order valence-corrected chi connectivity index (χ3v) is 5.76. The highest BCUT2D eigenvalue weighted by molar-refractivity contribution is 7.91. The Labute approximate surface area is 136 Å². The molecular formula is C14H16N4O5S. The van der Waals surface area contributed by atoms with E-state index in [9.17, 15) is 22.8 Å². The molecule has 1 aliphatic heterocycles. The Morgan fingerprint density at radius 1 is 1.42 bits per heavy atom. The smallest absolute Gasteiger partial charge is 0.330 e. The zero-order chi connectivity index (χ0) is 17.3. The predicted octanol–water partition coefficient (Wildman–Crippen LogP) is -1.36. The molecule has 1 aliphatic rings. The Kier molecular flexibility index (Phi) is 4.22. The third-order valence-electron chi connectivity index (χ3n) is 3.99. The van der Waals surface area contributed by atoms with Crippen molar-refractivity contribution in [2.75, 3.05) is 18.1 Å². The number of aromatic amines is 1. The van der Waals surface area contributed by atoms with Crippen LogP contribution >= 0.6 is 0 Å². The standard InChI is InChI=1S/C14H16N4O5S/c19-12(9-3-7-24(22,23)8-9)16-5-6-18-13(20)10-2-1-4-15-11(10)17-14(18)21/h1-2,4,9H,3,5-8H2,(H,16,19)(H,15,17,21)/t9-/m0/s1. The summed E-state index contributed by atoms with van der Waals surface area (Å²) in [6, 6.07) is 3.15. The maximum absolute atomic E-state index is 12.3. The van der Waals surface area contributed by atoms with E-state index in [0.717, 1.165) is 4.57 Å². The molecular weight excluding hydrogens is 336 g/mol. The van der Waals surface area contributed by atoms with E-state index in [1.165, 1.54) is 6.20 Å². The van der Waals surface area contributed by atoms with Crippen molar-refractivity contribution in [3.8, 4) is 0 Å². The van der Waals surface area contributed by atoms with Gasteiger partial charge >= 0.3 is 5.69 Å². The average Bonchev–Trinajstić information content (AvgIpc) is 2.90. The SMILES string of the molecule is O=C(NCCn1c(=O)[nH]c2ncccc2c1=O)[C@H]1CCS(=O)(=O)C1. The number of rotatable bonds is 4. The second-order valence-electron chi connectivity index (χ2n) is 5.68. The Bertz CT molecular complexity index is 1010. The number of carbonyl (C=O) groups is 1. The molecule has 0 saturated carbocycles. The van der Waals surface area contributed by atoms with Gasteiger partial charge in [0, 0.05) is 19.3 Å². The van der Waals surface area contributed by atoms with Gasteiger partial charge in [-0.3, -0.25) is 19.1 Å². The molecule has 3 rings (SSSR count). The minimum absolute atomic E-state index is 0.00971. The number of nitrogens with one attached hydrogen (secondary N) is 2. The van der Waals surface area contributed by atoms with E-state index in [2.05, 4.69) is 15.3 Å². The van der Waals surface area contributed by atoms with Crippen LogP contribution < -0.4 is 16.6 Å². The van der Waals surface area contributed by atoms with Gasteiger partial charge in [0.25, 0.3) is 5.56 Å². The van der Waals surface area contributed by atoms with Crippen LogP contribution in [-0.2, 0) is 21.2 Å². The van der Waals surface area contributed by atoms with Crippen molar-refractivity contribution in [3.63, 3.8) is 0 Å². The van der Waals surface area contributed by atoms with E-state index in [1.807, 2.05) is 0 Å². The minimum atomic E-state index is -3.13. The molecule has 128 valence electrons. The van der Waals surface area contributed by atoms with E-state index in [-0.39, 0.29) is 41.5 Å². The normalized spacial score (nSPS) is 19.4. The van der Waals surface area contributed by atoms with Gasteiger partial charge in [-0.25, -0.2) is 18.2 Å². The van der Waals surface area contributed by atoms with Crippen LogP contribution in [-0.4, -0.2) is 46.9 Å². The summed E-state index contributed by atoms with van der Waals surface area (Å²) < 4.78 is 23.7.